The second-order valence-corrected chi connectivity index (χ2v) is 11.2. The van der Waals surface area contributed by atoms with Crippen molar-refractivity contribution in [1.29, 1.82) is 0 Å². The Morgan fingerprint density at radius 2 is 0.698 bits per heavy atom. The lowest BCUT2D eigenvalue weighted by Gasteiger charge is -2.31. The highest BCUT2D eigenvalue weighted by Gasteiger charge is 2.51. The molecule has 43 heavy (non-hydrogen) atoms. The van der Waals surface area contributed by atoms with Crippen LogP contribution in [0.5, 0.6) is 0 Å². The van der Waals surface area contributed by atoms with Crippen LogP contribution in [0.1, 0.15) is 33.4 Å². The Labute approximate surface area is 253 Å². The van der Waals surface area contributed by atoms with Crippen molar-refractivity contribution < 1.29 is 28.4 Å². The van der Waals surface area contributed by atoms with Crippen LogP contribution < -0.4 is 0 Å². The summed E-state index contributed by atoms with van der Waals surface area (Å²) in [6, 6.07) is 31.4. The molecule has 3 aliphatic rings. The maximum atomic E-state index is 6.07. The Kier molecular flexibility index (Phi) is 8.66. The Bertz CT molecular complexity index is 1450. The molecule has 0 atom stereocenters. The van der Waals surface area contributed by atoms with Gasteiger partial charge in [-0.1, -0.05) is 84.9 Å². The van der Waals surface area contributed by atoms with Gasteiger partial charge in [-0.25, -0.2) is 0 Å². The summed E-state index contributed by atoms with van der Waals surface area (Å²) in [7, 11) is 0. The van der Waals surface area contributed by atoms with Gasteiger partial charge in [-0.15, -0.1) is 0 Å². The summed E-state index contributed by atoms with van der Waals surface area (Å²) < 4.78 is 34.7. The van der Waals surface area contributed by atoms with E-state index < -0.39 is 5.41 Å². The Morgan fingerprint density at radius 3 is 1.12 bits per heavy atom. The van der Waals surface area contributed by atoms with Crippen LogP contribution in [-0.4, -0.2) is 66.1 Å². The van der Waals surface area contributed by atoms with E-state index in [-0.39, 0.29) is 0 Å². The number of benzene rings is 4. The van der Waals surface area contributed by atoms with E-state index in [0.29, 0.717) is 79.3 Å². The number of hydrogen-bond donors (Lipinski definition) is 0. The molecule has 4 bridgehead atoms. The average molecular weight is 579 g/mol. The molecule has 0 unspecified atom stereocenters. The largest absolute Gasteiger partial charge is 0.377 e. The maximum Gasteiger partial charge on any atom is 0.0725 e. The van der Waals surface area contributed by atoms with Gasteiger partial charge in [-0.05, 0) is 55.6 Å². The monoisotopic (exact) mass is 578 g/mol. The lowest BCUT2D eigenvalue weighted by molar-refractivity contribution is -0.0185. The Balaban J connectivity index is 1.25. The second-order valence-electron chi connectivity index (χ2n) is 11.2. The Hall–Kier alpha value is -3.36. The molecule has 222 valence electrons. The number of rotatable bonds is 0. The van der Waals surface area contributed by atoms with Crippen molar-refractivity contribution in [2.45, 2.75) is 18.6 Å². The summed E-state index contributed by atoms with van der Waals surface area (Å²) in [5.41, 5.74) is 12.3. The molecule has 6 heteroatoms. The summed E-state index contributed by atoms with van der Waals surface area (Å²) in [5.74, 6) is 0. The summed E-state index contributed by atoms with van der Waals surface area (Å²) in [5, 5.41) is 0. The lowest BCUT2D eigenvalue weighted by Crippen LogP contribution is -2.26. The highest BCUT2D eigenvalue weighted by molar-refractivity contribution is 5.95. The van der Waals surface area contributed by atoms with E-state index in [4.69, 9.17) is 28.4 Å². The van der Waals surface area contributed by atoms with Gasteiger partial charge in [0, 0.05) is 0 Å². The zero-order chi connectivity index (χ0) is 28.9. The van der Waals surface area contributed by atoms with E-state index in [9.17, 15) is 0 Å². The summed E-state index contributed by atoms with van der Waals surface area (Å²) in [4.78, 5) is 0. The molecular formula is C37H38O6. The van der Waals surface area contributed by atoms with Crippen molar-refractivity contribution in [2.75, 3.05) is 66.1 Å². The maximum absolute atomic E-state index is 6.07. The fourth-order valence-corrected chi connectivity index (χ4v) is 6.79. The highest BCUT2D eigenvalue weighted by atomic mass is 16.6. The molecule has 0 amide bonds. The van der Waals surface area contributed by atoms with Crippen molar-refractivity contribution in [3.05, 3.63) is 118 Å². The molecule has 7 rings (SSSR count). The summed E-state index contributed by atoms with van der Waals surface area (Å²) in [6.07, 6.45) is 0. The topological polar surface area (TPSA) is 55.4 Å². The van der Waals surface area contributed by atoms with E-state index >= 15 is 0 Å². The second kappa shape index (κ2) is 13.1. The zero-order valence-corrected chi connectivity index (χ0v) is 24.5. The van der Waals surface area contributed by atoms with Gasteiger partial charge >= 0.3 is 0 Å². The zero-order valence-electron chi connectivity index (χ0n) is 24.5. The predicted molar refractivity (Wildman–Crippen MR) is 165 cm³/mol. The highest BCUT2D eigenvalue weighted by Crippen LogP contribution is 2.62. The fraction of sp³-hybridized carbons (Fsp3) is 0.351. The molecule has 6 nitrogen and oxygen atoms in total. The SMILES string of the molecule is c1ccc2c(c1)-c1ccc3cc1C21c2ccccc2-c2ccc(cc21)COCCOCCOCCOCCOCCOC3. The summed E-state index contributed by atoms with van der Waals surface area (Å²) >= 11 is 0. The van der Waals surface area contributed by atoms with Gasteiger partial charge in [0.1, 0.15) is 0 Å². The van der Waals surface area contributed by atoms with Crippen LogP contribution in [0.2, 0.25) is 0 Å². The number of ether oxygens (including phenoxy) is 6. The van der Waals surface area contributed by atoms with E-state index in [0.717, 1.165) is 11.1 Å². The normalized spacial score (nSPS) is 19.1. The van der Waals surface area contributed by atoms with Crippen LogP contribution in [0.3, 0.4) is 0 Å². The third-order valence-corrected chi connectivity index (χ3v) is 8.62. The van der Waals surface area contributed by atoms with Gasteiger partial charge in [0.05, 0.1) is 84.7 Å². The van der Waals surface area contributed by atoms with Crippen molar-refractivity contribution in [1.82, 2.24) is 0 Å². The number of fused-ring (bicyclic) bond motifs is 6. The lowest BCUT2D eigenvalue weighted by atomic mass is 9.70. The van der Waals surface area contributed by atoms with Crippen LogP contribution in [0.4, 0.5) is 0 Å². The first-order chi connectivity index (χ1) is 21.4. The molecule has 0 radical (unpaired) electrons. The average Bonchev–Trinajstić information content (AvgIpc) is 3.50. The molecule has 1 heterocycles. The molecule has 4 aromatic carbocycles. The Morgan fingerprint density at radius 1 is 0.349 bits per heavy atom. The van der Waals surface area contributed by atoms with Crippen LogP contribution in [0.25, 0.3) is 22.3 Å². The smallest absolute Gasteiger partial charge is 0.0725 e. The third kappa shape index (κ3) is 5.44. The minimum atomic E-state index is -0.400. The van der Waals surface area contributed by atoms with Gasteiger partial charge in [0.25, 0.3) is 0 Å². The first-order valence-electron chi connectivity index (χ1n) is 15.3. The minimum absolute atomic E-state index is 0.400. The van der Waals surface area contributed by atoms with E-state index in [1.165, 1.54) is 44.5 Å². The van der Waals surface area contributed by atoms with Crippen molar-refractivity contribution >= 4 is 0 Å². The molecule has 0 aromatic heterocycles. The quantitative estimate of drug-likeness (QED) is 0.216. The van der Waals surface area contributed by atoms with Crippen LogP contribution in [0.15, 0.2) is 84.9 Å². The molecule has 0 saturated carbocycles. The number of hydrogen-bond acceptors (Lipinski definition) is 6. The molecule has 0 saturated heterocycles. The van der Waals surface area contributed by atoms with Gasteiger partial charge in [0.2, 0.25) is 0 Å². The van der Waals surface area contributed by atoms with Gasteiger partial charge in [-0.2, -0.15) is 0 Å². The van der Waals surface area contributed by atoms with Crippen LogP contribution in [0, 0.1) is 0 Å². The summed E-state index contributed by atoms with van der Waals surface area (Å²) in [6.45, 7) is 6.40. The van der Waals surface area contributed by atoms with Gasteiger partial charge in [-0.3, -0.25) is 0 Å². The van der Waals surface area contributed by atoms with E-state index in [2.05, 4.69) is 84.9 Å². The molecule has 1 aliphatic heterocycles. The van der Waals surface area contributed by atoms with Crippen molar-refractivity contribution in [3.8, 4) is 22.3 Å². The van der Waals surface area contributed by atoms with Gasteiger partial charge in [0.15, 0.2) is 0 Å². The molecule has 0 N–H and O–H groups in total. The predicted octanol–water partition coefficient (Wildman–Crippen LogP) is 6.14. The molecule has 0 fully saturated rings. The fourth-order valence-electron chi connectivity index (χ4n) is 6.79. The van der Waals surface area contributed by atoms with Crippen molar-refractivity contribution in [2.24, 2.45) is 0 Å². The molecule has 1 spiro atoms. The standard InChI is InChI=1S/C37H38O6/c1-3-7-33-29(5-1)31-11-9-27-23-35(31)37(33)34-8-4-2-6-30(34)32-12-10-28(24-36(32)37)26-43-22-20-41-18-16-39-14-13-38-15-17-40-19-21-42-25-27/h1-12,23-24H,13-22,25-26H2. The van der Waals surface area contributed by atoms with Crippen LogP contribution in [-0.2, 0) is 47.0 Å². The van der Waals surface area contributed by atoms with Crippen LogP contribution >= 0.6 is 0 Å². The minimum Gasteiger partial charge on any atom is -0.377 e. The van der Waals surface area contributed by atoms with Gasteiger partial charge < -0.3 is 28.4 Å². The van der Waals surface area contributed by atoms with E-state index in [1.54, 1.807) is 0 Å². The van der Waals surface area contributed by atoms with Crippen molar-refractivity contribution in [3.63, 3.8) is 0 Å². The molecule has 4 aromatic rings. The first-order valence-corrected chi connectivity index (χ1v) is 15.3. The van der Waals surface area contributed by atoms with E-state index in [1.807, 2.05) is 0 Å². The molecule has 2 aliphatic carbocycles. The first kappa shape index (κ1) is 28.4. The third-order valence-electron chi connectivity index (χ3n) is 8.62. The molecular weight excluding hydrogens is 540 g/mol.